The summed E-state index contributed by atoms with van der Waals surface area (Å²) in [6, 6.07) is 13.8. The lowest BCUT2D eigenvalue weighted by atomic mass is 10.0. The Labute approximate surface area is 118 Å². The molecular formula is C18H17NO. The van der Waals surface area contributed by atoms with E-state index in [-0.39, 0.29) is 5.78 Å². The lowest BCUT2D eigenvalue weighted by Gasteiger charge is -2.02. The highest BCUT2D eigenvalue weighted by Gasteiger charge is 2.14. The van der Waals surface area contributed by atoms with Crippen molar-refractivity contribution in [1.29, 1.82) is 0 Å². The first-order chi connectivity index (χ1) is 9.70. The van der Waals surface area contributed by atoms with Crippen molar-refractivity contribution in [2.24, 2.45) is 0 Å². The molecule has 0 saturated heterocycles. The minimum Gasteiger partial charge on any atom is -0.360 e. The Bertz CT molecular complexity index is 766. The van der Waals surface area contributed by atoms with E-state index in [0.29, 0.717) is 0 Å². The number of H-pyrrole nitrogens is 1. The highest BCUT2D eigenvalue weighted by molar-refractivity contribution is 6.16. The van der Waals surface area contributed by atoms with Crippen LogP contribution in [0, 0.1) is 6.92 Å². The Morgan fingerprint density at radius 3 is 2.55 bits per heavy atom. The molecule has 0 aliphatic carbocycles. The quantitative estimate of drug-likeness (QED) is 0.703. The summed E-state index contributed by atoms with van der Waals surface area (Å²) in [5, 5.41) is 1.01. The monoisotopic (exact) mass is 263 g/mol. The first-order valence-electron chi connectivity index (χ1n) is 6.91. The molecule has 1 N–H and O–H groups in total. The maximum Gasteiger partial charge on any atom is 0.195 e. The van der Waals surface area contributed by atoms with Gasteiger partial charge in [0.2, 0.25) is 0 Å². The third-order valence-corrected chi connectivity index (χ3v) is 3.74. The van der Waals surface area contributed by atoms with E-state index in [9.17, 15) is 4.79 Å². The zero-order chi connectivity index (χ0) is 14.1. The summed E-state index contributed by atoms with van der Waals surface area (Å²) in [5.41, 5.74) is 4.96. The second-order valence-electron chi connectivity index (χ2n) is 5.09. The van der Waals surface area contributed by atoms with Gasteiger partial charge in [0.15, 0.2) is 5.78 Å². The van der Waals surface area contributed by atoms with Crippen LogP contribution in [0.15, 0.2) is 48.7 Å². The van der Waals surface area contributed by atoms with Crippen LogP contribution < -0.4 is 0 Å². The minimum absolute atomic E-state index is 0.0736. The number of nitrogens with one attached hydrogen (secondary N) is 1. The number of aromatic nitrogens is 1. The smallest absolute Gasteiger partial charge is 0.195 e. The first kappa shape index (κ1) is 12.7. The molecule has 0 aliphatic heterocycles. The summed E-state index contributed by atoms with van der Waals surface area (Å²) < 4.78 is 0. The predicted molar refractivity (Wildman–Crippen MR) is 82.3 cm³/mol. The third-order valence-electron chi connectivity index (χ3n) is 3.74. The molecule has 0 saturated carbocycles. The lowest BCUT2D eigenvalue weighted by molar-refractivity contribution is 0.104. The summed E-state index contributed by atoms with van der Waals surface area (Å²) >= 11 is 0. The largest absolute Gasteiger partial charge is 0.360 e. The van der Waals surface area contributed by atoms with E-state index in [1.165, 1.54) is 5.56 Å². The van der Waals surface area contributed by atoms with Crippen LogP contribution in [0.5, 0.6) is 0 Å². The maximum atomic E-state index is 12.6. The number of hydrogen-bond donors (Lipinski definition) is 1. The van der Waals surface area contributed by atoms with Crippen molar-refractivity contribution in [3.05, 3.63) is 70.9 Å². The van der Waals surface area contributed by atoms with Gasteiger partial charge in [0, 0.05) is 28.2 Å². The Kier molecular flexibility index (Phi) is 3.15. The first-order valence-corrected chi connectivity index (χ1v) is 6.91. The van der Waals surface area contributed by atoms with Crippen molar-refractivity contribution < 1.29 is 4.79 Å². The molecular weight excluding hydrogens is 246 g/mol. The van der Waals surface area contributed by atoms with E-state index in [1.54, 1.807) is 0 Å². The molecule has 1 aromatic heterocycles. The SMILES string of the molecule is CCc1cccc2c(C(=O)c3ccc(C)cc3)c[nH]c12. The highest BCUT2D eigenvalue weighted by Crippen LogP contribution is 2.24. The summed E-state index contributed by atoms with van der Waals surface area (Å²) in [6.07, 6.45) is 2.78. The van der Waals surface area contributed by atoms with Crippen molar-refractivity contribution >= 4 is 16.7 Å². The Balaban J connectivity index is 2.10. The number of carbonyl (C=O) groups excluding carboxylic acids is 1. The van der Waals surface area contributed by atoms with Gasteiger partial charge in [0.1, 0.15) is 0 Å². The molecule has 0 amide bonds. The maximum absolute atomic E-state index is 12.6. The molecule has 0 fully saturated rings. The van der Waals surface area contributed by atoms with Gasteiger partial charge in [0.25, 0.3) is 0 Å². The zero-order valence-electron chi connectivity index (χ0n) is 11.7. The predicted octanol–water partition coefficient (Wildman–Crippen LogP) is 4.27. The Morgan fingerprint density at radius 2 is 1.85 bits per heavy atom. The normalized spacial score (nSPS) is 10.9. The molecule has 0 aliphatic rings. The van der Waals surface area contributed by atoms with Crippen molar-refractivity contribution in [3.63, 3.8) is 0 Å². The fraction of sp³-hybridized carbons (Fsp3) is 0.167. The summed E-state index contributed by atoms with van der Waals surface area (Å²) in [5.74, 6) is 0.0736. The van der Waals surface area contributed by atoms with E-state index < -0.39 is 0 Å². The van der Waals surface area contributed by atoms with E-state index in [0.717, 1.165) is 34.0 Å². The molecule has 0 spiro atoms. The fourth-order valence-electron chi connectivity index (χ4n) is 2.56. The van der Waals surface area contributed by atoms with Crippen LogP contribution >= 0.6 is 0 Å². The average molecular weight is 263 g/mol. The molecule has 100 valence electrons. The number of para-hydroxylation sites is 1. The van der Waals surface area contributed by atoms with Crippen LogP contribution in [0.2, 0.25) is 0 Å². The lowest BCUT2D eigenvalue weighted by Crippen LogP contribution is -2.00. The van der Waals surface area contributed by atoms with Crippen molar-refractivity contribution in [2.45, 2.75) is 20.3 Å². The number of aromatic amines is 1. The molecule has 3 rings (SSSR count). The number of benzene rings is 2. The number of rotatable bonds is 3. The van der Waals surface area contributed by atoms with Crippen LogP contribution in [0.25, 0.3) is 10.9 Å². The standard InChI is InChI=1S/C18H17NO/c1-3-13-5-4-6-15-16(11-19-17(13)15)18(20)14-9-7-12(2)8-10-14/h4-11,19H,3H2,1-2H3. The van der Waals surface area contributed by atoms with Gasteiger partial charge in [-0.05, 0) is 18.9 Å². The van der Waals surface area contributed by atoms with Gasteiger partial charge in [0.05, 0.1) is 0 Å². The van der Waals surface area contributed by atoms with Crippen LogP contribution in [0.1, 0.15) is 34.0 Å². The summed E-state index contributed by atoms with van der Waals surface area (Å²) in [7, 11) is 0. The van der Waals surface area contributed by atoms with E-state index in [4.69, 9.17) is 0 Å². The molecule has 2 aromatic carbocycles. The van der Waals surface area contributed by atoms with E-state index in [1.807, 2.05) is 49.5 Å². The average Bonchev–Trinajstić information content (AvgIpc) is 2.91. The van der Waals surface area contributed by atoms with Gasteiger partial charge < -0.3 is 4.98 Å². The van der Waals surface area contributed by atoms with Crippen LogP contribution in [-0.2, 0) is 6.42 Å². The van der Waals surface area contributed by atoms with E-state index >= 15 is 0 Å². The molecule has 0 bridgehead atoms. The Morgan fingerprint density at radius 1 is 1.10 bits per heavy atom. The number of hydrogen-bond acceptors (Lipinski definition) is 1. The number of aryl methyl sites for hydroxylation is 2. The topological polar surface area (TPSA) is 32.9 Å². The minimum atomic E-state index is 0.0736. The molecule has 20 heavy (non-hydrogen) atoms. The van der Waals surface area contributed by atoms with Gasteiger partial charge in [-0.15, -0.1) is 0 Å². The fourth-order valence-corrected chi connectivity index (χ4v) is 2.56. The van der Waals surface area contributed by atoms with Crippen LogP contribution in [0.4, 0.5) is 0 Å². The molecule has 3 aromatic rings. The number of carbonyl (C=O) groups is 1. The van der Waals surface area contributed by atoms with Crippen LogP contribution in [0.3, 0.4) is 0 Å². The van der Waals surface area contributed by atoms with Crippen molar-refractivity contribution in [1.82, 2.24) is 4.98 Å². The summed E-state index contributed by atoms with van der Waals surface area (Å²) in [6.45, 7) is 4.14. The van der Waals surface area contributed by atoms with Crippen LogP contribution in [-0.4, -0.2) is 10.8 Å². The third kappa shape index (κ3) is 2.03. The summed E-state index contributed by atoms with van der Waals surface area (Å²) in [4.78, 5) is 15.9. The molecule has 2 heteroatoms. The number of ketones is 1. The molecule has 0 unspecified atom stereocenters. The number of fused-ring (bicyclic) bond motifs is 1. The van der Waals surface area contributed by atoms with Crippen molar-refractivity contribution in [2.75, 3.05) is 0 Å². The van der Waals surface area contributed by atoms with Gasteiger partial charge in [-0.1, -0.05) is 55.0 Å². The molecule has 2 nitrogen and oxygen atoms in total. The second kappa shape index (κ2) is 4.97. The highest BCUT2D eigenvalue weighted by atomic mass is 16.1. The van der Waals surface area contributed by atoms with Gasteiger partial charge >= 0.3 is 0 Å². The molecule has 1 heterocycles. The van der Waals surface area contributed by atoms with Gasteiger partial charge in [-0.3, -0.25) is 4.79 Å². The van der Waals surface area contributed by atoms with E-state index in [2.05, 4.69) is 18.0 Å². The zero-order valence-corrected chi connectivity index (χ0v) is 11.7. The molecule has 0 atom stereocenters. The van der Waals surface area contributed by atoms with Crippen molar-refractivity contribution in [3.8, 4) is 0 Å². The van der Waals surface area contributed by atoms with Gasteiger partial charge in [-0.2, -0.15) is 0 Å². The Hall–Kier alpha value is -2.35. The van der Waals surface area contributed by atoms with Gasteiger partial charge in [-0.25, -0.2) is 0 Å². The second-order valence-corrected chi connectivity index (χ2v) is 5.09. The molecule has 0 radical (unpaired) electrons.